The number of rotatable bonds is 2. The summed E-state index contributed by atoms with van der Waals surface area (Å²) in [6, 6.07) is 41.6. The zero-order valence-electron chi connectivity index (χ0n) is 18.3. The number of hydrogen-bond donors (Lipinski definition) is 0. The monoisotopic (exact) mass is 430 g/mol. The van der Waals surface area contributed by atoms with Crippen molar-refractivity contribution in [2.75, 3.05) is 0 Å². The zero-order chi connectivity index (χ0) is 23.1. The van der Waals surface area contributed by atoms with Gasteiger partial charge < -0.3 is 0 Å². The van der Waals surface area contributed by atoms with Crippen molar-refractivity contribution in [3.8, 4) is 34.4 Å². The molecule has 2 heteroatoms. The van der Waals surface area contributed by atoms with Crippen molar-refractivity contribution in [1.82, 2.24) is 0 Å². The minimum absolute atomic E-state index is 0.659. The molecular formula is C32H18N2. The van der Waals surface area contributed by atoms with Crippen LogP contribution in [-0.2, 0) is 0 Å². The van der Waals surface area contributed by atoms with Crippen molar-refractivity contribution in [2.24, 2.45) is 0 Å². The number of fused-ring (bicyclic) bond motifs is 5. The third kappa shape index (κ3) is 3.10. The Labute approximate surface area is 197 Å². The van der Waals surface area contributed by atoms with E-state index in [0.717, 1.165) is 22.3 Å². The summed E-state index contributed by atoms with van der Waals surface area (Å²) in [5.41, 5.74) is 5.82. The normalized spacial score (nSPS) is 10.9. The Bertz CT molecular complexity index is 1660. The van der Waals surface area contributed by atoms with E-state index in [1.165, 1.54) is 32.3 Å². The Hall–Kier alpha value is -4.92. The summed E-state index contributed by atoms with van der Waals surface area (Å²) in [6.07, 6.45) is 0. The lowest BCUT2D eigenvalue weighted by molar-refractivity contribution is 1.48. The summed E-state index contributed by atoms with van der Waals surface area (Å²) >= 11 is 0. The van der Waals surface area contributed by atoms with E-state index in [4.69, 9.17) is 0 Å². The summed E-state index contributed by atoms with van der Waals surface area (Å²) in [5.74, 6) is 0. The Kier molecular flexibility index (Phi) is 4.58. The number of benzene rings is 6. The molecule has 0 saturated heterocycles. The molecule has 0 aliphatic rings. The Morgan fingerprint density at radius 3 is 1.09 bits per heavy atom. The maximum atomic E-state index is 9.21. The first-order valence-electron chi connectivity index (χ1n) is 11.1. The van der Waals surface area contributed by atoms with Crippen molar-refractivity contribution < 1.29 is 0 Å². The first kappa shape index (κ1) is 19.7. The van der Waals surface area contributed by atoms with Crippen LogP contribution in [0.3, 0.4) is 0 Å². The summed E-state index contributed by atoms with van der Waals surface area (Å²) in [7, 11) is 0. The van der Waals surface area contributed by atoms with Crippen LogP contribution in [-0.4, -0.2) is 0 Å². The fourth-order valence-corrected chi connectivity index (χ4v) is 4.88. The van der Waals surface area contributed by atoms with Crippen LogP contribution in [0, 0.1) is 22.7 Å². The van der Waals surface area contributed by atoms with E-state index in [2.05, 4.69) is 72.8 Å². The second kappa shape index (κ2) is 7.89. The van der Waals surface area contributed by atoms with Crippen LogP contribution in [0.15, 0.2) is 109 Å². The molecule has 156 valence electrons. The van der Waals surface area contributed by atoms with E-state index in [1.54, 1.807) is 0 Å². The van der Waals surface area contributed by atoms with Gasteiger partial charge in [-0.1, -0.05) is 72.8 Å². The average molecular weight is 431 g/mol. The fourth-order valence-electron chi connectivity index (χ4n) is 4.88. The molecule has 34 heavy (non-hydrogen) atoms. The Morgan fingerprint density at radius 2 is 0.735 bits per heavy atom. The summed E-state index contributed by atoms with van der Waals surface area (Å²) < 4.78 is 0. The second-order valence-electron chi connectivity index (χ2n) is 8.41. The maximum absolute atomic E-state index is 9.21. The quantitative estimate of drug-likeness (QED) is 0.260. The van der Waals surface area contributed by atoms with E-state index in [-0.39, 0.29) is 0 Å². The molecule has 0 spiro atoms. The lowest BCUT2D eigenvalue weighted by Crippen LogP contribution is -1.89. The molecule has 2 nitrogen and oxygen atoms in total. The van der Waals surface area contributed by atoms with Gasteiger partial charge in [0, 0.05) is 0 Å². The first-order chi connectivity index (χ1) is 16.8. The van der Waals surface area contributed by atoms with Crippen LogP contribution in [0.2, 0.25) is 0 Å². The predicted octanol–water partition coefficient (Wildman–Crippen LogP) is 8.22. The van der Waals surface area contributed by atoms with Gasteiger partial charge in [0.25, 0.3) is 0 Å². The minimum atomic E-state index is 0.659. The Balaban J connectivity index is 1.72. The zero-order valence-corrected chi connectivity index (χ0v) is 18.3. The van der Waals surface area contributed by atoms with Gasteiger partial charge in [0.15, 0.2) is 0 Å². The van der Waals surface area contributed by atoms with Crippen LogP contribution in [0.1, 0.15) is 11.1 Å². The molecule has 6 aromatic rings. The summed E-state index contributed by atoms with van der Waals surface area (Å²) in [6.45, 7) is 0. The van der Waals surface area contributed by atoms with Crippen LogP contribution >= 0.6 is 0 Å². The van der Waals surface area contributed by atoms with Gasteiger partial charge in [0.2, 0.25) is 0 Å². The number of nitrogens with zero attached hydrogens (tertiary/aromatic N) is 2. The lowest BCUT2D eigenvalue weighted by atomic mass is 9.87. The smallest absolute Gasteiger partial charge is 0.0991 e. The summed E-state index contributed by atoms with van der Waals surface area (Å²) in [5, 5.41) is 25.6. The van der Waals surface area contributed by atoms with Gasteiger partial charge in [-0.3, -0.25) is 0 Å². The molecule has 0 heterocycles. The molecule has 0 atom stereocenters. The average Bonchev–Trinajstić information content (AvgIpc) is 2.92. The van der Waals surface area contributed by atoms with E-state index >= 15 is 0 Å². The predicted molar refractivity (Wildman–Crippen MR) is 139 cm³/mol. The van der Waals surface area contributed by atoms with E-state index in [9.17, 15) is 10.5 Å². The molecule has 6 aromatic carbocycles. The maximum Gasteiger partial charge on any atom is 0.0991 e. The molecule has 0 fully saturated rings. The highest BCUT2D eigenvalue weighted by Crippen LogP contribution is 2.41. The topological polar surface area (TPSA) is 47.6 Å². The van der Waals surface area contributed by atoms with Gasteiger partial charge in [-0.05, 0) is 91.0 Å². The SMILES string of the molecule is N#Cc1ccc(-c2cc3c4ccccc4c(-c4ccc(C#N)cc4)cc3c3ccccc23)cc1. The molecule has 0 radical (unpaired) electrons. The van der Waals surface area contributed by atoms with E-state index < -0.39 is 0 Å². The lowest BCUT2D eigenvalue weighted by Gasteiger charge is -2.16. The molecule has 6 rings (SSSR count). The molecule has 0 aliphatic heterocycles. The number of nitriles is 2. The van der Waals surface area contributed by atoms with Gasteiger partial charge in [-0.25, -0.2) is 0 Å². The number of hydrogen-bond acceptors (Lipinski definition) is 2. The highest BCUT2D eigenvalue weighted by atomic mass is 14.2. The first-order valence-corrected chi connectivity index (χ1v) is 11.1. The molecule has 0 saturated carbocycles. The van der Waals surface area contributed by atoms with Gasteiger partial charge in [0.05, 0.1) is 23.3 Å². The minimum Gasteiger partial charge on any atom is -0.192 e. The molecule has 0 N–H and O–H groups in total. The van der Waals surface area contributed by atoms with Crippen molar-refractivity contribution in [3.05, 3.63) is 120 Å². The van der Waals surface area contributed by atoms with Gasteiger partial charge in [-0.2, -0.15) is 10.5 Å². The van der Waals surface area contributed by atoms with Gasteiger partial charge >= 0.3 is 0 Å². The molecule has 0 aliphatic carbocycles. The van der Waals surface area contributed by atoms with Gasteiger partial charge in [0.1, 0.15) is 0 Å². The van der Waals surface area contributed by atoms with Crippen LogP contribution < -0.4 is 0 Å². The van der Waals surface area contributed by atoms with Crippen LogP contribution in [0.4, 0.5) is 0 Å². The highest BCUT2D eigenvalue weighted by molar-refractivity contribution is 6.23. The third-order valence-corrected chi connectivity index (χ3v) is 6.53. The second-order valence-corrected chi connectivity index (χ2v) is 8.41. The Morgan fingerprint density at radius 1 is 0.382 bits per heavy atom. The highest BCUT2D eigenvalue weighted by Gasteiger charge is 2.14. The van der Waals surface area contributed by atoms with Crippen molar-refractivity contribution in [1.29, 1.82) is 10.5 Å². The van der Waals surface area contributed by atoms with Crippen molar-refractivity contribution >= 4 is 32.3 Å². The standard InChI is InChI=1S/C32H18N2/c33-19-21-9-13-23(14-10-21)29-17-32-28-8-4-2-6-26(28)30(24-15-11-22(20-34)12-16-24)18-31(32)27-7-3-1-5-25(27)29/h1-18H. The molecule has 0 aromatic heterocycles. The van der Waals surface area contributed by atoms with Crippen molar-refractivity contribution in [2.45, 2.75) is 0 Å². The molecule has 0 amide bonds. The van der Waals surface area contributed by atoms with Crippen LogP contribution in [0.25, 0.3) is 54.6 Å². The molecule has 0 bridgehead atoms. The van der Waals surface area contributed by atoms with E-state index in [0.29, 0.717) is 11.1 Å². The van der Waals surface area contributed by atoms with Crippen LogP contribution in [0.5, 0.6) is 0 Å². The van der Waals surface area contributed by atoms with Gasteiger partial charge in [-0.15, -0.1) is 0 Å². The fraction of sp³-hybridized carbons (Fsp3) is 0. The third-order valence-electron chi connectivity index (χ3n) is 6.53. The summed E-state index contributed by atoms with van der Waals surface area (Å²) in [4.78, 5) is 0. The largest absolute Gasteiger partial charge is 0.192 e. The van der Waals surface area contributed by atoms with E-state index in [1.807, 2.05) is 48.5 Å². The molecule has 0 unspecified atom stereocenters. The molecular weight excluding hydrogens is 412 g/mol. The van der Waals surface area contributed by atoms with Crippen molar-refractivity contribution in [3.63, 3.8) is 0 Å².